The van der Waals surface area contributed by atoms with E-state index in [2.05, 4.69) is 5.32 Å². The van der Waals surface area contributed by atoms with E-state index >= 15 is 0 Å². The fourth-order valence-corrected chi connectivity index (χ4v) is 4.94. The topological polar surface area (TPSA) is 130 Å². The lowest BCUT2D eigenvalue weighted by Crippen LogP contribution is -2.52. The zero-order chi connectivity index (χ0) is 27.9. The van der Waals surface area contributed by atoms with Gasteiger partial charge >= 0.3 is 0 Å². The van der Waals surface area contributed by atoms with Gasteiger partial charge in [-0.3, -0.25) is 24.0 Å². The molecule has 1 atom stereocenters. The molecule has 38 heavy (non-hydrogen) atoms. The van der Waals surface area contributed by atoms with Gasteiger partial charge in [0.1, 0.15) is 12.6 Å². The largest absolute Gasteiger partial charge is 0.357 e. The molecule has 0 fully saturated rings. The number of carbonyl (C=O) groups excluding carboxylic acids is 2. The molecule has 10 nitrogen and oxygen atoms in total. The van der Waals surface area contributed by atoms with Crippen molar-refractivity contribution in [1.82, 2.24) is 10.2 Å². The second-order valence-electron chi connectivity index (χ2n) is 8.48. The van der Waals surface area contributed by atoms with Crippen molar-refractivity contribution in [2.45, 2.75) is 19.0 Å². The van der Waals surface area contributed by atoms with E-state index in [9.17, 15) is 28.1 Å². The number of hydrogen-bond acceptors (Lipinski definition) is 6. The van der Waals surface area contributed by atoms with Crippen LogP contribution in [0.4, 0.5) is 11.4 Å². The van der Waals surface area contributed by atoms with E-state index in [0.29, 0.717) is 10.6 Å². The first-order chi connectivity index (χ1) is 18.0. The molecule has 0 aromatic heterocycles. The molecule has 0 saturated heterocycles. The third kappa shape index (κ3) is 7.30. The summed E-state index contributed by atoms with van der Waals surface area (Å²) < 4.78 is 26.2. The summed E-state index contributed by atoms with van der Waals surface area (Å²) in [4.78, 5) is 38.8. The molecule has 0 aliphatic heterocycles. The van der Waals surface area contributed by atoms with E-state index in [1.807, 2.05) is 30.3 Å². The van der Waals surface area contributed by atoms with E-state index in [0.717, 1.165) is 22.2 Å². The summed E-state index contributed by atoms with van der Waals surface area (Å²) in [6.45, 7) is -0.761. The van der Waals surface area contributed by atoms with Gasteiger partial charge < -0.3 is 10.2 Å². The molecule has 3 rings (SSSR count). The molecule has 0 saturated carbocycles. The number of nitrogens with one attached hydrogen (secondary N) is 1. The van der Waals surface area contributed by atoms with Crippen LogP contribution in [0.25, 0.3) is 0 Å². The maximum Gasteiger partial charge on any atom is 0.271 e. The predicted octanol–water partition coefficient (Wildman–Crippen LogP) is 3.40. The highest BCUT2D eigenvalue weighted by Gasteiger charge is 2.33. The van der Waals surface area contributed by atoms with Gasteiger partial charge in [-0.15, -0.1) is 0 Å². The number of non-ortho nitro benzene ring substituents is 1. The summed E-state index contributed by atoms with van der Waals surface area (Å²) >= 11 is 6.36. The Balaban J connectivity index is 2.05. The lowest BCUT2D eigenvalue weighted by atomic mass is 10.0. The number of hydrogen-bond donors (Lipinski definition) is 1. The highest BCUT2D eigenvalue weighted by molar-refractivity contribution is 7.92. The van der Waals surface area contributed by atoms with Crippen molar-refractivity contribution in [3.8, 4) is 0 Å². The Morgan fingerprint density at radius 3 is 2.29 bits per heavy atom. The van der Waals surface area contributed by atoms with Crippen molar-refractivity contribution in [1.29, 1.82) is 0 Å². The Morgan fingerprint density at radius 2 is 1.68 bits per heavy atom. The fraction of sp³-hybridized carbons (Fsp3) is 0.231. The van der Waals surface area contributed by atoms with E-state index < -0.39 is 39.3 Å². The SMILES string of the molecule is CNC(=O)C(Cc1ccccc1)N(Cc1ccccc1Cl)C(=O)CN(c1cccc([N+](=O)[O-])c1)S(C)(=O)=O. The number of amides is 2. The van der Waals surface area contributed by atoms with Gasteiger partial charge in [-0.05, 0) is 23.3 Å². The molecule has 0 aliphatic carbocycles. The monoisotopic (exact) mass is 558 g/mol. The van der Waals surface area contributed by atoms with E-state index in [1.165, 1.54) is 30.1 Å². The van der Waals surface area contributed by atoms with Crippen LogP contribution in [0.1, 0.15) is 11.1 Å². The van der Waals surface area contributed by atoms with Crippen molar-refractivity contribution in [3.63, 3.8) is 0 Å². The van der Waals surface area contributed by atoms with Gasteiger partial charge in [-0.1, -0.05) is 66.2 Å². The van der Waals surface area contributed by atoms with Crippen molar-refractivity contribution >= 4 is 44.8 Å². The quantitative estimate of drug-likeness (QED) is 0.283. The Kier molecular flexibility index (Phi) is 9.43. The number of nitro benzene ring substituents is 1. The summed E-state index contributed by atoms with van der Waals surface area (Å²) in [5.74, 6) is -1.14. The molecule has 2 amide bonds. The summed E-state index contributed by atoms with van der Waals surface area (Å²) in [5, 5.41) is 14.2. The maximum absolute atomic E-state index is 13.8. The third-order valence-corrected chi connectivity index (χ3v) is 7.33. The van der Waals surface area contributed by atoms with Gasteiger partial charge in [0.25, 0.3) is 5.69 Å². The molecule has 1 N–H and O–H groups in total. The van der Waals surface area contributed by atoms with Gasteiger partial charge in [-0.25, -0.2) is 8.42 Å². The lowest BCUT2D eigenvalue weighted by molar-refractivity contribution is -0.384. The van der Waals surface area contributed by atoms with E-state index in [4.69, 9.17) is 11.6 Å². The van der Waals surface area contributed by atoms with Crippen molar-refractivity contribution in [3.05, 3.63) is 105 Å². The van der Waals surface area contributed by atoms with Crippen LogP contribution < -0.4 is 9.62 Å². The van der Waals surface area contributed by atoms with Crippen molar-refractivity contribution in [2.75, 3.05) is 24.2 Å². The van der Waals surface area contributed by atoms with Crippen LogP contribution in [-0.2, 0) is 32.6 Å². The Morgan fingerprint density at radius 1 is 1.03 bits per heavy atom. The second kappa shape index (κ2) is 12.5. The first kappa shape index (κ1) is 28.6. The number of anilines is 1. The first-order valence-corrected chi connectivity index (χ1v) is 13.7. The smallest absolute Gasteiger partial charge is 0.271 e. The fourth-order valence-electron chi connectivity index (χ4n) is 3.91. The number of carbonyl (C=O) groups is 2. The third-order valence-electron chi connectivity index (χ3n) is 5.82. The van der Waals surface area contributed by atoms with E-state index in [-0.39, 0.29) is 24.3 Å². The van der Waals surface area contributed by atoms with Crippen LogP contribution >= 0.6 is 11.6 Å². The zero-order valence-corrected chi connectivity index (χ0v) is 22.4. The summed E-state index contributed by atoms with van der Waals surface area (Å²) in [6.07, 6.45) is 1.06. The summed E-state index contributed by atoms with van der Waals surface area (Å²) in [5.41, 5.74) is 0.971. The molecular weight excluding hydrogens is 532 g/mol. The lowest BCUT2D eigenvalue weighted by Gasteiger charge is -2.33. The maximum atomic E-state index is 13.8. The number of rotatable bonds is 11. The van der Waals surface area contributed by atoms with Crippen LogP contribution in [0.5, 0.6) is 0 Å². The average molecular weight is 559 g/mol. The van der Waals surface area contributed by atoms with E-state index in [1.54, 1.807) is 24.3 Å². The Hall–Kier alpha value is -3.96. The van der Waals surface area contributed by atoms with Crippen LogP contribution in [0.15, 0.2) is 78.9 Å². The molecule has 0 heterocycles. The number of nitrogens with zero attached hydrogens (tertiary/aromatic N) is 3. The molecule has 0 spiro atoms. The Labute approximate surface area is 226 Å². The molecule has 0 aliphatic rings. The van der Waals surface area contributed by atoms with Crippen LogP contribution in [0.3, 0.4) is 0 Å². The molecule has 1 unspecified atom stereocenters. The van der Waals surface area contributed by atoms with Crippen molar-refractivity contribution < 1.29 is 22.9 Å². The van der Waals surface area contributed by atoms with Crippen LogP contribution in [-0.4, -0.2) is 55.9 Å². The van der Waals surface area contributed by atoms with Gasteiger partial charge in [0.2, 0.25) is 21.8 Å². The number of benzene rings is 3. The zero-order valence-electron chi connectivity index (χ0n) is 20.8. The highest BCUT2D eigenvalue weighted by atomic mass is 35.5. The van der Waals surface area contributed by atoms with Crippen LogP contribution in [0.2, 0.25) is 5.02 Å². The van der Waals surface area contributed by atoms with Gasteiger partial charge in [0.05, 0.1) is 16.9 Å². The molecule has 3 aromatic carbocycles. The number of sulfonamides is 1. The van der Waals surface area contributed by atoms with Gasteiger partial charge in [0, 0.05) is 37.2 Å². The minimum Gasteiger partial charge on any atom is -0.357 e. The minimum absolute atomic E-state index is 0.0488. The Bertz CT molecular complexity index is 1420. The number of halogens is 1. The van der Waals surface area contributed by atoms with Crippen LogP contribution in [0, 0.1) is 10.1 Å². The summed E-state index contributed by atoms with van der Waals surface area (Å²) in [6, 6.07) is 19.9. The van der Waals surface area contributed by atoms with Gasteiger partial charge in [-0.2, -0.15) is 0 Å². The van der Waals surface area contributed by atoms with Crippen molar-refractivity contribution in [2.24, 2.45) is 0 Å². The molecule has 12 heteroatoms. The number of nitro groups is 1. The second-order valence-corrected chi connectivity index (χ2v) is 10.8. The molecule has 200 valence electrons. The highest BCUT2D eigenvalue weighted by Crippen LogP contribution is 2.25. The molecular formula is C26H27ClN4O6S. The normalized spacial score (nSPS) is 11.9. The van der Waals surface area contributed by atoms with Gasteiger partial charge in [0.15, 0.2) is 0 Å². The molecule has 0 bridgehead atoms. The predicted molar refractivity (Wildman–Crippen MR) is 145 cm³/mol. The molecule has 0 radical (unpaired) electrons. The standard InChI is InChI=1S/C26H27ClN4O6S/c1-28-26(33)24(15-19-9-4-3-5-10-19)29(17-20-11-6-7-14-23(20)27)25(32)18-30(38(2,36)37)21-12-8-13-22(16-21)31(34)35/h3-14,16,24H,15,17-18H2,1-2H3,(H,28,33). The summed E-state index contributed by atoms with van der Waals surface area (Å²) in [7, 11) is -2.60. The number of likely N-dealkylation sites (N-methyl/N-ethyl adjacent to an activating group) is 1. The first-order valence-electron chi connectivity index (χ1n) is 11.5. The minimum atomic E-state index is -4.04. The molecule has 3 aromatic rings. The average Bonchev–Trinajstić information content (AvgIpc) is 2.89.